The standard InChI is InChI=1S/C18H20FNO3/c1-12-4-9-17(22-3)16(10-12)13(2)20-18(21)11-23-15-7-5-14(19)6-8-15/h4-10,13H,11H2,1-3H3,(H,20,21)/t13-/m0/s1. The number of rotatable bonds is 6. The van der Waals surface area contributed by atoms with Crippen molar-refractivity contribution in [2.45, 2.75) is 19.9 Å². The number of amides is 1. The van der Waals surface area contributed by atoms with Crippen molar-refractivity contribution in [3.8, 4) is 11.5 Å². The quantitative estimate of drug-likeness (QED) is 0.888. The highest BCUT2D eigenvalue weighted by Gasteiger charge is 2.14. The molecular formula is C18H20FNO3. The summed E-state index contributed by atoms with van der Waals surface area (Å²) in [6, 6.07) is 11.1. The smallest absolute Gasteiger partial charge is 0.258 e. The molecule has 2 rings (SSSR count). The van der Waals surface area contributed by atoms with Gasteiger partial charge in [0.2, 0.25) is 0 Å². The van der Waals surface area contributed by atoms with E-state index in [0.717, 1.165) is 16.9 Å². The number of hydrogen-bond donors (Lipinski definition) is 1. The van der Waals surface area contributed by atoms with Crippen LogP contribution in [-0.2, 0) is 4.79 Å². The summed E-state index contributed by atoms with van der Waals surface area (Å²) in [5, 5.41) is 2.86. The van der Waals surface area contributed by atoms with Crippen LogP contribution in [0.4, 0.5) is 4.39 Å². The van der Waals surface area contributed by atoms with Gasteiger partial charge in [-0.15, -0.1) is 0 Å². The molecule has 0 aliphatic heterocycles. The molecule has 0 aliphatic carbocycles. The number of aryl methyl sites for hydroxylation is 1. The van der Waals surface area contributed by atoms with E-state index in [-0.39, 0.29) is 24.4 Å². The van der Waals surface area contributed by atoms with Crippen LogP contribution in [0, 0.1) is 12.7 Å². The molecule has 0 spiro atoms. The Morgan fingerprint density at radius 2 is 1.91 bits per heavy atom. The molecule has 122 valence electrons. The fraction of sp³-hybridized carbons (Fsp3) is 0.278. The molecule has 0 saturated carbocycles. The van der Waals surface area contributed by atoms with E-state index in [1.165, 1.54) is 24.3 Å². The van der Waals surface area contributed by atoms with E-state index in [9.17, 15) is 9.18 Å². The number of benzene rings is 2. The number of halogens is 1. The number of carbonyl (C=O) groups excluding carboxylic acids is 1. The molecule has 0 heterocycles. The first-order valence-corrected chi connectivity index (χ1v) is 7.32. The van der Waals surface area contributed by atoms with Crippen molar-refractivity contribution in [1.29, 1.82) is 0 Å². The maximum Gasteiger partial charge on any atom is 0.258 e. The maximum absolute atomic E-state index is 12.8. The summed E-state index contributed by atoms with van der Waals surface area (Å²) < 4.78 is 23.5. The van der Waals surface area contributed by atoms with Gasteiger partial charge in [-0.3, -0.25) is 4.79 Å². The molecule has 0 bridgehead atoms. The normalized spacial score (nSPS) is 11.7. The Morgan fingerprint density at radius 1 is 1.22 bits per heavy atom. The van der Waals surface area contributed by atoms with Gasteiger partial charge < -0.3 is 14.8 Å². The van der Waals surface area contributed by atoms with Crippen LogP contribution < -0.4 is 14.8 Å². The molecule has 0 unspecified atom stereocenters. The fourth-order valence-electron chi connectivity index (χ4n) is 2.23. The van der Waals surface area contributed by atoms with Crippen LogP contribution in [0.2, 0.25) is 0 Å². The van der Waals surface area contributed by atoms with Gasteiger partial charge in [-0.2, -0.15) is 0 Å². The third-order valence-electron chi connectivity index (χ3n) is 3.41. The molecule has 0 fully saturated rings. The highest BCUT2D eigenvalue weighted by atomic mass is 19.1. The molecule has 1 atom stereocenters. The van der Waals surface area contributed by atoms with Crippen molar-refractivity contribution in [3.05, 3.63) is 59.4 Å². The minimum absolute atomic E-state index is 0.135. The average molecular weight is 317 g/mol. The molecule has 1 N–H and O–H groups in total. The van der Waals surface area contributed by atoms with Crippen LogP contribution in [0.5, 0.6) is 11.5 Å². The minimum Gasteiger partial charge on any atom is -0.496 e. The van der Waals surface area contributed by atoms with Crippen molar-refractivity contribution in [3.63, 3.8) is 0 Å². The lowest BCUT2D eigenvalue weighted by Gasteiger charge is -2.18. The molecule has 0 radical (unpaired) electrons. The van der Waals surface area contributed by atoms with E-state index in [1.807, 2.05) is 32.0 Å². The summed E-state index contributed by atoms with van der Waals surface area (Å²) in [7, 11) is 1.60. The van der Waals surface area contributed by atoms with E-state index in [2.05, 4.69) is 5.32 Å². The molecule has 4 nitrogen and oxygen atoms in total. The van der Waals surface area contributed by atoms with Gasteiger partial charge in [-0.1, -0.05) is 17.7 Å². The Labute approximate surface area is 135 Å². The second kappa shape index (κ2) is 7.63. The zero-order valence-electron chi connectivity index (χ0n) is 13.4. The number of hydrogen-bond acceptors (Lipinski definition) is 3. The van der Waals surface area contributed by atoms with Crippen LogP contribution in [-0.4, -0.2) is 19.6 Å². The Morgan fingerprint density at radius 3 is 2.57 bits per heavy atom. The Bertz CT molecular complexity index is 670. The van der Waals surface area contributed by atoms with E-state index >= 15 is 0 Å². The Balaban J connectivity index is 1.94. The SMILES string of the molecule is COc1ccc(C)cc1[C@H](C)NC(=O)COc1ccc(F)cc1. The first-order chi connectivity index (χ1) is 11.0. The van der Waals surface area contributed by atoms with Gasteiger partial charge in [0, 0.05) is 5.56 Å². The van der Waals surface area contributed by atoms with Crippen LogP contribution in [0.25, 0.3) is 0 Å². The largest absolute Gasteiger partial charge is 0.496 e. The lowest BCUT2D eigenvalue weighted by atomic mass is 10.0. The van der Waals surface area contributed by atoms with E-state index < -0.39 is 0 Å². The molecule has 0 aliphatic rings. The van der Waals surface area contributed by atoms with Crippen molar-refractivity contribution in [1.82, 2.24) is 5.32 Å². The topological polar surface area (TPSA) is 47.6 Å². The van der Waals surface area contributed by atoms with Crippen molar-refractivity contribution < 1.29 is 18.7 Å². The van der Waals surface area contributed by atoms with Crippen LogP contribution in [0.15, 0.2) is 42.5 Å². The minimum atomic E-state index is -0.345. The van der Waals surface area contributed by atoms with Gasteiger partial charge in [0.05, 0.1) is 13.2 Å². The van der Waals surface area contributed by atoms with E-state index in [4.69, 9.17) is 9.47 Å². The Hall–Kier alpha value is -2.56. The second-order valence-corrected chi connectivity index (χ2v) is 5.28. The second-order valence-electron chi connectivity index (χ2n) is 5.28. The van der Waals surface area contributed by atoms with Crippen molar-refractivity contribution in [2.75, 3.05) is 13.7 Å². The molecule has 1 amide bonds. The Kier molecular flexibility index (Phi) is 5.57. The predicted molar refractivity (Wildman–Crippen MR) is 86.2 cm³/mol. The zero-order chi connectivity index (χ0) is 16.8. The first kappa shape index (κ1) is 16.8. The summed E-state index contributed by atoms with van der Waals surface area (Å²) >= 11 is 0. The first-order valence-electron chi connectivity index (χ1n) is 7.32. The number of nitrogens with one attached hydrogen (secondary N) is 1. The summed E-state index contributed by atoms with van der Waals surface area (Å²) in [5.41, 5.74) is 1.99. The molecule has 2 aromatic rings. The summed E-state index contributed by atoms with van der Waals surface area (Å²) in [6.45, 7) is 3.73. The molecule has 2 aromatic carbocycles. The lowest BCUT2D eigenvalue weighted by Crippen LogP contribution is -2.31. The van der Waals surface area contributed by atoms with Gasteiger partial charge >= 0.3 is 0 Å². The molecule has 0 saturated heterocycles. The van der Waals surface area contributed by atoms with Crippen LogP contribution in [0.3, 0.4) is 0 Å². The van der Waals surface area contributed by atoms with Gasteiger partial charge in [0.25, 0.3) is 5.91 Å². The fourth-order valence-corrected chi connectivity index (χ4v) is 2.23. The highest BCUT2D eigenvalue weighted by Crippen LogP contribution is 2.26. The summed E-state index contributed by atoms with van der Waals surface area (Å²) in [4.78, 5) is 12.0. The lowest BCUT2D eigenvalue weighted by molar-refractivity contribution is -0.123. The van der Waals surface area contributed by atoms with Gasteiger partial charge in [0.1, 0.15) is 17.3 Å². The van der Waals surface area contributed by atoms with Crippen LogP contribution in [0.1, 0.15) is 24.1 Å². The van der Waals surface area contributed by atoms with Crippen molar-refractivity contribution in [2.24, 2.45) is 0 Å². The molecule has 0 aromatic heterocycles. The summed E-state index contributed by atoms with van der Waals surface area (Å²) in [6.07, 6.45) is 0. The molecule has 5 heteroatoms. The maximum atomic E-state index is 12.8. The van der Waals surface area contributed by atoms with Gasteiger partial charge in [0.15, 0.2) is 6.61 Å². The number of methoxy groups -OCH3 is 1. The monoisotopic (exact) mass is 317 g/mol. The van der Waals surface area contributed by atoms with Gasteiger partial charge in [-0.25, -0.2) is 4.39 Å². The average Bonchev–Trinajstić information content (AvgIpc) is 2.54. The third kappa shape index (κ3) is 4.71. The number of ether oxygens (including phenoxy) is 2. The summed E-state index contributed by atoms with van der Waals surface area (Å²) in [5.74, 6) is 0.567. The molecule has 23 heavy (non-hydrogen) atoms. The molecular weight excluding hydrogens is 297 g/mol. The van der Waals surface area contributed by atoms with E-state index in [1.54, 1.807) is 7.11 Å². The third-order valence-corrected chi connectivity index (χ3v) is 3.41. The predicted octanol–water partition coefficient (Wildman–Crippen LogP) is 3.40. The van der Waals surface area contributed by atoms with Crippen molar-refractivity contribution >= 4 is 5.91 Å². The number of carbonyl (C=O) groups is 1. The van der Waals surface area contributed by atoms with E-state index in [0.29, 0.717) is 5.75 Å². The van der Waals surface area contributed by atoms with Gasteiger partial charge in [-0.05, 0) is 44.2 Å². The highest BCUT2D eigenvalue weighted by molar-refractivity contribution is 5.78. The zero-order valence-corrected chi connectivity index (χ0v) is 13.4. The van der Waals surface area contributed by atoms with Crippen LogP contribution >= 0.6 is 0 Å².